The molecule has 2 heteroatoms. The summed E-state index contributed by atoms with van der Waals surface area (Å²) in [6, 6.07) is 10.8. The van der Waals surface area contributed by atoms with Crippen LogP contribution in [0.4, 0.5) is 0 Å². The summed E-state index contributed by atoms with van der Waals surface area (Å²) in [4.78, 5) is 8.76. The molecule has 0 amide bonds. The third-order valence-electron chi connectivity index (χ3n) is 4.25. The van der Waals surface area contributed by atoms with Crippen LogP contribution in [0.5, 0.6) is 0 Å². The van der Waals surface area contributed by atoms with Crippen molar-refractivity contribution in [2.75, 3.05) is 0 Å². The number of hydrogen-bond acceptors (Lipinski definition) is 2. The van der Waals surface area contributed by atoms with Crippen LogP contribution in [-0.4, -0.2) is 9.97 Å². The molecule has 0 atom stereocenters. The number of allylic oxidation sites excluding steroid dienone is 1. The first-order valence-corrected chi connectivity index (χ1v) is 8.13. The second-order valence-electron chi connectivity index (χ2n) is 6.02. The molecule has 0 aliphatic heterocycles. The van der Waals surface area contributed by atoms with Crippen molar-refractivity contribution in [1.29, 1.82) is 0 Å². The molecule has 1 aromatic carbocycles. The summed E-state index contributed by atoms with van der Waals surface area (Å²) < 4.78 is 0. The number of aromatic nitrogens is 2. The molecule has 2 heterocycles. The second-order valence-corrected chi connectivity index (χ2v) is 6.02. The smallest absolute Gasteiger partial charge is 0.0407 e. The zero-order chi connectivity index (χ0) is 16.2. The lowest BCUT2D eigenvalue weighted by Gasteiger charge is -2.11. The van der Waals surface area contributed by atoms with Crippen molar-refractivity contribution in [2.24, 2.45) is 0 Å². The molecule has 0 saturated carbocycles. The van der Waals surface area contributed by atoms with E-state index in [0.717, 1.165) is 30.5 Å². The van der Waals surface area contributed by atoms with Crippen LogP contribution < -0.4 is 0 Å². The Balaban J connectivity index is 1.83. The minimum Gasteiger partial charge on any atom is -0.264 e. The summed E-state index contributed by atoms with van der Waals surface area (Å²) in [5.41, 5.74) is 6.10. The highest BCUT2D eigenvalue weighted by atomic mass is 14.7. The third-order valence-corrected chi connectivity index (χ3v) is 4.25. The van der Waals surface area contributed by atoms with Gasteiger partial charge in [0.05, 0.1) is 0 Å². The number of fused-ring (bicyclic) bond motifs is 1. The van der Waals surface area contributed by atoms with Gasteiger partial charge in [0.15, 0.2) is 0 Å². The van der Waals surface area contributed by atoms with E-state index in [0.29, 0.717) is 0 Å². The molecule has 3 rings (SSSR count). The summed E-state index contributed by atoms with van der Waals surface area (Å²) in [6.07, 6.45) is 8.71. The van der Waals surface area contributed by atoms with E-state index in [4.69, 9.17) is 0 Å². The molecule has 0 aliphatic carbocycles. The molecule has 2 nitrogen and oxygen atoms in total. The van der Waals surface area contributed by atoms with Gasteiger partial charge in [-0.2, -0.15) is 0 Å². The van der Waals surface area contributed by atoms with Crippen LogP contribution in [0.25, 0.3) is 16.3 Å². The number of pyridine rings is 2. The molecule has 0 fully saturated rings. The van der Waals surface area contributed by atoms with Gasteiger partial charge in [-0.05, 0) is 66.5 Å². The minimum absolute atomic E-state index is 0.957. The fraction of sp³-hybridized carbons (Fsp3) is 0.238. The van der Waals surface area contributed by atoms with Crippen LogP contribution >= 0.6 is 0 Å². The van der Waals surface area contributed by atoms with Crippen molar-refractivity contribution in [3.8, 4) is 0 Å². The van der Waals surface area contributed by atoms with Gasteiger partial charge in [0.25, 0.3) is 0 Å². The summed E-state index contributed by atoms with van der Waals surface area (Å²) in [5, 5.41) is 2.44. The Morgan fingerprint density at radius 2 is 1.91 bits per heavy atom. The van der Waals surface area contributed by atoms with Crippen LogP contribution in [0.2, 0.25) is 0 Å². The van der Waals surface area contributed by atoms with Crippen molar-refractivity contribution in [3.05, 3.63) is 77.9 Å². The Labute approximate surface area is 137 Å². The zero-order valence-corrected chi connectivity index (χ0v) is 13.8. The standard InChI is InChI=1S/C21H22N2/c1-4-20-12-21(15(2)3)18(14-23-20)8-6-16-5-7-17-9-10-22-13-19(17)11-16/h5,7,9-14H,2,4,6,8H2,1,3H3. The van der Waals surface area contributed by atoms with Gasteiger partial charge in [-0.15, -0.1) is 0 Å². The monoisotopic (exact) mass is 302 g/mol. The van der Waals surface area contributed by atoms with E-state index >= 15 is 0 Å². The average Bonchev–Trinajstić information content (AvgIpc) is 2.59. The Morgan fingerprint density at radius 1 is 1.04 bits per heavy atom. The lowest BCUT2D eigenvalue weighted by Crippen LogP contribution is -1.99. The highest BCUT2D eigenvalue weighted by molar-refractivity contribution is 5.82. The largest absolute Gasteiger partial charge is 0.264 e. The fourth-order valence-electron chi connectivity index (χ4n) is 2.89. The predicted molar refractivity (Wildman–Crippen MR) is 97.5 cm³/mol. The lowest BCUT2D eigenvalue weighted by molar-refractivity contribution is 0.929. The molecule has 23 heavy (non-hydrogen) atoms. The highest BCUT2D eigenvalue weighted by Gasteiger charge is 2.06. The number of benzene rings is 1. The molecule has 0 bridgehead atoms. The Bertz CT molecular complexity index is 849. The van der Waals surface area contributed by atoms with E-state index in [9.17, 15) is 0 Å². The summed E-state index contributed by atoms with van der Waals surface area (Å²) >= 11 is 0. The van der Waals surface area contributed by atoms with Crippen LogP contribution in [0.3, 0.4) is 0 Å². The Kier molecular flexibility index (Phi) is 4.52. The predicted octanol–water partition coefficient (Wildman–Crippen LogP) is 5.01. The number of hydrogen-bond donors (Lipinski definition) is 0. The van der Waals surface area contributed by atoms with Gasteiger partial charge in [0, 0.05) is 29.7 Å². The van der Waals surface area contributed by atoms with Gasteiger partial charge in [-0.3, -0.25) is 9.97 Å². The quantitative estimate of drug-likeness (QED) is 0.662. The van der Waals surface area contributed by atoms with Crippen LogP contribution in [0, 0.1) is 0 Å². The minimum atomic E-state index is 0.957. The molecule has 0 N–H and O–H groups in total. The van der Waals surface area contributed by atoms with Crippen LogP contribution in [-0.2, 0) is 19.3 Å². The van der Waals surface area contributed by atoms with Crippen molar-refractivity contribution in [1.82, 2.24) is 9.97 Å². The van der Waals surface area contributed by atoms with E-state index in [1.165, 1.54) is 27.5 Å². The van der Waals surface area contributed by atoms with E-state index in [-0.39, 0.29) is 0 Å². The lowest BCUT2D eigenvalue weighted by atomic mass is 9.96. The maximum Gasteiger partial charge on any atom is 0.0407 e. The number of nitrogens with zero attached hydrogens (tertiary/aromatic N) is 2. The van der Waals surface area contributed by atoms with Crippen molar-refractivity contribution < 1.29 is 0 Å². The first-order valence-electron chi connectivity index (χ1n) is 8.13. The Morgan fingerprint density at radius 3 is 2.70 bits per heavy atom. The van der Waals surface area contributed by atoms with Gasteiger partial charge in [-0.1, -0.05) is 31.2 Å². The van der Waals surface area contributed by atoms with Crippen LogP contribution in [0.15, 0.2) is 55.5 Å². The molecular weight excluding hydrogens is 280 g/mol. The first-order chi connectivity index (χ1) is 11.2. The SMILES string of the molecule is C=C(C)c1cc(CC)ncc1CCc1ccc2ccncc2c1. The topological polar surface area (TPSA) is 25.8 Å². The molecule has 0 saturated heterocycles. The molecule has 3 aromatic rings. The fourth-order valence-corrected chi connectivity index (χ4v) is 2.89. The second kappa shape index (κ2) is 6.74. The van der Waals surface area contributed by atoms with Gasteiger partial charge < -0.3 is 0 Å². The van der Waals surface area contributed by atoms with Gasteiger partial charge in [-0.25, -0.2) is 0 Å². The van der Waals surface area contributed by atoms with E-state index in [1.807, 2.05) is 24.7 Å². The summed E-state index contributed by atoms with van der Waals surface area (Å²) in [7, 11) is 0. The molecule has 116 valence electrons. The molecule has 0 radical (unpaired) electrons. The van der Waals surface area contributed by atoms with Crippen molar-refractivity contribution >= 4 is 16.3 Å². The number of aryl methyl sites for hydroxylation is 3. The molecule has 0 unspecified atom stereocenters. The highest BCUT2D eigenvalue weighted by Crippen LogP contribution is 2.21. The molecular formula is C21H22N2. The molecule has 2 aromatic heterocycles. The Hall–Kier alpha value is -2.48. The third kappa shape index (κ3) is 3.48. The maximum absolute atomic E-state index is 4.55. The van der Waals surface area contributed by atoms with Gasteiger partial charge >= 0.3 is 0 Å². The number of rotatable bonds is 5. The average molecular weight is 302 g/mol. The van der Waals surface area contributed by atoms with Gasteiger partial charge in [0.2, 0.25) is 0 Å². The van der Waals surface area contributed by atoms with E-state index in [2.05, 4.69) is 54.7 Å². The van der Waals surface area contributed by atoms with E-state index in [1.54, 1.807) is 0 Å². The van der Waals surface area contributed by atoms with Crippen molar-refractivity contribution in [3.63, 3.8) is 0 Å². The summed E-state index contributed by atoms with van der Waals surface area (Å²) in [6.45, 7) is 8.32. The zero-order valence-electron chi connectivity index (χ0n) is 13.8. The maximum atomic E-state index is 4.55. The van der Waals surface area contributed by atoms with Gasteiger partial charge in [0.1, 0.15) is 0 Å². The molecule has 0 spiro atoms. The summed E-state index contributed by atoms with van der Waals surface area (Å²) in [5.74, 6) is 0. The molecule has 0 aliphatic rings. The van der Waals surface area contributed by atoms with Crippen molar-refractivity contribution in [2.45, 2.75) is 33.1 Å². The normalized spacial score (nSPS) is 10.9. The van der Waals surface area contributed by atoms with Crippen LogP contribution in [0.1, 0.15) is 36.2 Å². The first kappa shape index (κ1) is 15.4. The van der Waals surface area contributed by atoms with E-state index < -0.39 is 0 Å².